The average molecular weight is 499 g/mol. The van der Waals surface area contributed by atoms with Gasteiger partial charge in [-0.3, -0.25) is 9.69 Å². The van der Waals surface area contributed by atoms with Crippen LogP contribution in [0.25, 0.3) is 0 Å². The van der Waals surface area contributed by atoms with E-state index in [0.717, 1.165) is 37.1 Å². The maximum atomic E-state index is 13.6. The van der Waals surface area contributed by atoms with Crippen LogP contribution in [0.2, 0.25) is 0 Å². The van der Waals surface area contributed by atoms with Gasteiger partial charge in [-0.15, -0.1) is 17.9 Å². The van der Waals surface area contributed by atoms with Gasteiger partial charge in [-0.2, -0.15) is 0 Å². The van der Waals surface area contributed by atoms with Crippen molar-refractivity contribution in [2.75, 3.05) is 32.8 Å². The predicted octanol–water partition coefficient (Wildman–Crippen LogP) is 5.54. The lowest BCUT2D eigenvalue weighted by Crippen LogP contribution is -2.48. The number of hydrogen-bond donors (Lipinski definition) is 1. The van der Waals surface area contributed by atoms with Crippen LogP contribution in [0.4, 0.5) is 0 Å². The summed E-state index contributed by atoms with van der Waals surface area (Å²) < 4.78 is 6.28. The number of fused-ring (bicyclic) bond motifs is 1. The number of thiophene rings is 1. The van der Waals surface area contributed by atoms with E-state index in [2.05, 4.69) is 62.8 Å². The molecule has 3 rings (SSSR count). The van der Waals surface area contributed by atoms with Gasteiger partial charge in [0.05, 0.1) is 18.7 Å². The molecule has 1 aliphatic rings. The molecular weight excluding hydrogens is 456 g/mol. The highest BCUT2D eigenvalue weighted by Crippen LogP contribution is 2.34. The Hall–Kier alpha value is -2.15. The van der Waals surface area contributed by atoms with E-state index in [-0.39, 0.29) is 11.9 Å². The minimum Gasteiger partial charge on any atom is -0.491 e. The van der Waals surface area contributed by atoms with Crippen LogP contribution >= 0.6 is 11.3 Å². The molecule has 2 atom stereocenters. The lowest BCUT2D eigenvalue weighted by Gasteiger charge is -2.37. The molecule has 1 aromatic heterocycles. The van der Waals surface area contributed by atoms with Crippen LogP contribution in [0.15, 0.2) is 42.3 Å². The number of aliphatic hydroxyl groups excluding tert-OH is 1. The van der Waals surface area contributed by atoms with E-state index >= 15 is 0 Å². The van der Waals surface area contributed by atoms with E-state index < -0.39 is 6.10 Å². The van der Waals surface area contributed by atoms with Crippen LogP contribution < -0.4 is 4.74 Å². The zero-order valence-corrected chi connectivity index (χ0v) is 22.7. The minimum atomic E-state index is -0.457. The Balaban J connectivity index is 1.73. The highest BCUT2D eigenvalue weighted by Gasteiger charge is 2.33. The summed E-state index contributed by atoms with van der Waals surface area (Å²) in [5.74, 6) is 1.52. The van der Waals surface area contributed by atoms with Gasteiger partial charge in [0.15, 0.2) is 0 Å². The van der Waals surface area contributed by atoms with Crippen molar-refractivity contribution in [3.05, 3.63) is 63.9 Å². The third kappa shape index (κ3) is 7.92. The fourth-order valence-electron chi connectivity index (χ4n) is 4.66. The van der Waals surface area contributed by atoms with Crippen LogP contribution in [-0.2, 0) is 11.2 Å². The van der Waals surface area contributed by atoms with Crippen LogP contribution in [0.5, 0.6) is 5.75 Å². The fraction of sp³-hybridized carbons (Fsp3) is 0.552. The van der Waals surface area contributed by atoms with E-state index in [1.807, 2.05) is 17.0 Å². The van der Waals surface area contributed by atoms with Gasteiger partial charge in [0.1, 0.15) is 12.4 Å². The van der Waals surface area contributed by atoms with Gasteiger partial charge in [0.25, 0.3) is 0 Å². The molecule has 0 spiro atoms. The average Bonchev–Trinajstić information content (AvgIpc) is 3.29. The van der Waals surface area contributed by atoms with Gasteiger partial charge in [-0.1, -0.05) is 37.6 Å². The number of nitrogens with zero attached hydrogens (tertiary/aromatic N) is 2. The summed E-state index contributed by atoms with van der Waals surface area (Å²) >= 11 is 1.77. The molecule has 0 unspecified atom stereocenters. The van der Waals surface area contributed by atoms with Gasteiger partial charge >= 0.3 is 0 Å². The summed E-state index contributed by atoms with van der Waals surface area (Å²) in [7, 11) is 0. The predicted molar refractivity (Wildman–Crippen MR) is 145 cm³/mol. The molecule has 2 aromatic rings. The Morgan fingerprint density at radius 3 is 2.83 bits per heavy atom. The van der Waals surface area contributed by atoms with E-state index in [0.29, 0.717) is 38.6 Å². The second kappa shape index (κ2) is 13.2. The number of hydrogen-bond acceptors (Lipinski definition) is 5. The van der Waals surface area contributed by atoms with Crippen LogP contribution in [0, 0.1) is 19.8 Å². The van der Waals surface area contributed by atoms with Gasteiger partial charge in [0, 0.05) is 18.0 Å². The van der Waals surface area contributed by atoms with E-state index in [4.69, 9.17) is 4.74 Å². The van der Waals surface area contributed by atoms with E-state index in [1.54, 1.807) is 11.3 Å². The van der Waals surface area contributed by atoms with Crippen molar-refractivity contribution in [3.8, 4) is 5.75 Å². The van der Waals surface area contributed by atoms with Crippen molar-refractivity contribution in [2.24, 2.45) is 5.92 Å². The largest absolute Gasteiger partial charge is 0.491 e. The molecule has 192 valence electrons. The highest BCUT2D eigenvalue weighted by atomic mass is 32.1. The van der Waals surface area contributed by atoms with Crippen LogP contribution in [-0.4, -0.2) is 59.7 Å². The number of benzene rings is 1. The molecular formula is C29H42N2O3S. The number of aliphatic hydroxyl groups is 1. The number of allylic oxidation sites excluding steroid dienone is 1. The molecule has 0 fully saturated rings. The Morgan fingerprint density at radius 2 is 2.11 bits per heavy atom. The van der Waals surface area contributed by atoms with Crippen LogP contribution in [0.3, 0.4) is 0 Å². The number of ether oxygens (including phenoxy) is 1. The smallest absolute Gasteiger partial charge is 0.237 e. The summed E-state index contributed by atoms with van der Waals surface area (Å²) in [5, 5.41) is 12.6. The Kier molecular flexibility index (Phi) is 10.4. The maximum absolute atomic E-state index is 13.6. The molecule has 0 radical (unpaired) electrons. The Labute approximate surface area is 215 Å². The van der Waals surface area contributed by atoms with Crippen molar-refractivity contribution in [3.63, 3.8) is 0 Å². The first-order chi connectivity index (χ1) is 16.8. The summed E-state index contributed by atoms with van der Waals surface area (Å²) in [6, 6.07) is 8.25. The third-order valence-corrected chi connectivity index (χ3v) is 7.69. The number of carbonyl (C=O) groups is 1. The molecule has 0 saturated carbocycles. The molecule has 1 N–H and O–H groups in total. The SMILES string of the molecule is C=CCC[C@H](O)CN(CCC(C)C)CC(=O)N1CCc2sccc2[C@@H]1COc1ccc(C)cc1C. The monoisotopic (exact) mass is 498 g/mol. The zero-order valence-electron chi connectivity index (χ0n) is 21.8. The molecule has 1 aromatic carbocycles. The van der Waals surface area contributed by atoms with Crippen molar-refractivity contribution in [1.29, 1.82) is 0 Å². The normalized spacial score (nSPS) is 16.4. The molecule has 0 aliphatic carbocycles. The lowest BCUT2D eigenvalue weighted by atomic mass is 10.00. The van der Waals surface area contributed by atoms with Gasteiger partial charge in [-0.25, -0.2) is 0 Å². The van der Waals surface area contributed by atoms with E-state index in [1.165, 1.54) is 16.0 Å². The first-order valence-corrected chi connectivity index (χ1v) is 13.7. The summed E-state index contributed by atoms with van der Waals surface area (Å²) in [6.45, 7) is 15.0. The summed E-state index contributed by atoms with van der Waals surface area (Å²) in [5.41, 5.74) is 3.53. The molecule has 5 nitrogen and oxygen atoms in total. The van der Waals surface area contributed by atoms with E-state index in [9.17, 15) is 9.90 Å². The summed E-state index contributed by atoms with van der Waals surface area (Å²) in [6.07, 6.45) is 4.70. The first-order valence-electron chi connectivity index (χ1n) is 12.9. The maximum Gasteiger partial charge on any atom is 0.237 e. The minimum absolute atomic E-state index is 0.101. The fourth-order valence-corrected chi connectivity index (χ4v) is 5.59. The topological polar surface area (TPSA) is 53.0 Å². The molecule has 35 heavy (non-hydrogen) atoms. The molecule has 0 saturated heterocycles. The number of carbonyl (C=O) groups excluding carboxylic acids is 1. The lowest BCUT2D eigenvalue weighted by molar-refractivity contribution is -0.136. The number of amides is 1. The van der Waals surface area contributed by atoms with Crippen LogP contribution in [0.1, 0.15) is 60.7 Å². The molecule has 6 heteroatoms. The van der Waals surface area contributed by atoms with Crippen molar-refractivity contribution < 1.29 is 14.6 Å². The standard InChI is InChI=1S/C29H42N2O3S/c1-6-7-8-24(32)18-30(14-11-21(2)3)19-29(33)31-15-12-28-25(13-16-35-28)26(31)20-34-27-10-9-22(4)17-23(27)5/h6,9-10,13,16-17,21,24,26,32H,1,7-8,11-12,14-15,18-20H2,2-5H3/t24-,26-/m0/s1. The second-order valence-corrected chi connectivity index (χ2v) is 11.2. The first kappa shape index (κ1) is 27.4. The zero-order chi connectivity index (χ0) is 25.4. The number of rotatable bonds is 13. The molecule has 1 amide bonds. The summed E-state index contributed by atoms with van der Waals surface area (Å²) in [4.78, 5) is 19.1. The quantitative estimate of drug-likeness (QED) is 0.368. The number of aryl methyl sites for hydroxylation is 2. The molecule has 0 bridgehead atoms. The van der Waals surface area contributed by atoms with Gasteiger partial charge < -0.3 is 14.7 Å². The van der Waals surface area contributed by atoms with Gasteiger partial charge in [0.2, 0.25) is 5.91 Å². The van der Waals surface area contributed by atoms with Crippen molar-refractivity contribution >= 4 is 17.2 Å². The second-order valence-electron chi connectivity index (χ2n) is 10.2. The third-order valence-electron chi connectivity index (χ3n) is 6.70. The molecule has 1 aliphatic heterocycles. The van der Waals surface area contributed by atoms with Crippen molar-refractivity contribution in [2.45, 2.75) is 65.5 Å². The Morgan fingerprint density at radius 1 is 1.31 bits per heavy atom. The van der Waals surface area contributed by atoms with Crippen molar-refractivity contribution in [1.82, 2.24) is 9.80 Å². The van der Waals surface area contributed by atoms with Gasteiger partial charge in [-0.05, 0) is 80.6 Å². The highest BCUT2D eigenvalue weighted by molar-refractivity contribution is 7.10. The Bertz CT molecular complexity index is 971. The molecule has 2 heterocycles.